The summed E-state index contributed by atoms with van der Waals surface area (Å²) >= 11 is 0. The minimum atomic E-state index is -1.09. The van der Waals surface area contributed by atoms with E-state index in [-0.39, 0.29) is 11.6 Å². The Morgan fingerprint density at radius 2 is 2.25 bits per heavy atom. The van der Waals surface area contributed by atoms with Gasteiger partial charge in [-0.25, -0.2) is 9.78 Å². The van der Waals surface area contributed by atoms with Gasteiger partial charge < -0.3 is 15.6 Å². The van der Waals surface area contributed by atoms with Gasteiger partial charge in [0.1, 0.15) is 0 Å². The summed E-state index contributed by atoms with van der Waals surface area (Å²) in [5, 5.41) is 8.75. The van der Waals surface area contributed by atoms with Crippen molar-refractivity contribution in [1.29, 1.82) is 0 Å². The zero-order valence-corrected chi connectivity index (χ0v) is 9.43. The number of pyridine rings is 1. The number of carboxylic acids is 1. The van der Waals surface area contributed by atoms with Gasteiger partial charge in [0.05, 0.1) is 12.3 Å². The Balaban J connectivity index is 2.70. The van der Waals surface area contributed by atoms with Crippen LogP contribution in [0.5, 0.6) is 5.88 Å². The molecule has 0 saturated carbocycles. The zero-order valence-electron chi connectivity index (χ0n) is 9.43. The van der Waals surface area contributed by atoms with E-state index in [4.69, 9.17) is 15.6 Å². The molecule has 0 aromatic carbocycles. The van der Waals surface area contributed by atoms with E-state index < -0.39 is 5.97 Å². The largest absolute Gasteiger partial charge is 0.477 e. The Morgan fingerprint density at radius 1 is 1.56 bits per heavy atom. The smallest absolute Gasteiger partial charge is 0.354 e. The predicted octanol–water partition coefficient (Wildman–Crippen LogP) is 1.79. The number of nitrogens with two attached hydrogens (primary N) is 1. The van der Waals surface area contributed by atoms with Gasteiger partial charge in [0.15, 0.2) is 5.69 Å². The monoisotopic (exact) mass is 224 g/mol. The summed E-state index contributed by atoms with van der Waals surface area (Å²) < 4.78 is 5.34. The quantitative estimate of drug-likeness (QED) is 0.796. The number of nitrogens with zero attached hydrogens (tertiary/aromatic N) is 1. The summed E-state index contributed by atoms with van der Waals surface area (Å²) in [6.07, 6.45) is 0.873. The maximum atomic E-state index is 10.7. The fourth-order valence-corrected chi connectivity index (χ4v) is 1.08. The zero-order chi connectivity index (χ0) is 12.1. The van der Waals surface area contributed by atoms with Gasteiger partial charge in [0, 0.05) is 0 Å². The molecular weight excluding hydrogens is 208 g/mol. The van der Waals surface area contributed by atoms with E-state index in [0.29, 0.717) is 18.2 Å². The molecule has 0 aliphatic heterocycles. The van der Waals surface area contributed by atoms with Crippen molar-refractivity contribution in [2.75, 3.05) is 12.3 Å². The van der Waals surface area contributed by atoms with Crippen LogP contribution < -0.4 is 10.5 Å². The summed E-state index contributed by atoms with van der Waals surface area (Å²) in [5.74, 6) is -0.377. The molecule has 0 amide bonds. The number of nitrogen functional groups attached to an aromatic ring is 1. The summed E-state index contributed by atoms with van der Waals surface area (Å²) in [7, 11) is 0. The van der Waals surface area contributed by atoms with Gasteiger partial charge in [-0.1, -0.05) is 13.8 Å². The molecule has 0 unspecified atom stereocenters. The highest BCUT2D eigenvalue weighted by Crippen LogP contribution is 2.19. The lowest BCUT2D eigenvalue weighted by Crippen LogP contribution is -2.08. The molecule has 0 aliphatic carbocycles. The summed E-state index contributed by atoms with van der Waals surface area (Å²) in [5.41, 5.74) is 5.92. The van der Waals surface area contributed by atoms with Crippen LogP contribution in [-0.4, -0.2) is 22.7 Å². The molecule has 0 atom stereocenters. The summed E-state index contributed by atoms with van der Waals surface area (Å²) in [6, 6.07) is 2.84. The maximum absolute atomic E-state index is 10.7. The molecule has 0 saturated heterocycles. The van der Waals surface area contributed by atoms with Crippen molar-refractivity contribution in [3.05, 3.63) is 17.8 Å². The van der Waals surface area contributed by atoms with E-state index in [9.17, 15) is 4.79 Å². The van der Waals surface area contributed by atoms with Crippen LogP contribution in [0.25, 0.3) is 0 Å². The second-order valence-corrected chi connectivity index (χ2v) is 3.93. The van der Waals surface area contributed by atoms with Gasteiger partial charge in [0.2, 0.25) is 5.88 Å². The molecule has 0 bridgehead atoms. The molecule has 1 aromatic rings. The van der Waals surface area contributed by atoms with Crippen LogP contribution in [0.2, 0.25) is 0 Å². The molecular formula is C11H16N2O3. The SMILES string of the molecule is CC(C)CCOc1nc(C(=O)O)ccc1N. The number of carbonyl (C=O) groups is 1. The van der Waals surface area contributed by atoms with E-state index in [1.165, 1.54) is 12.1 Å². The van der Waals surface area contributed by atoms with E-state index in [0.717, 1.165) is 6.42 Å². The average molecular weight is 224 g/mol. The molecule has 16 heavy (non-hydrogen) atoms. The number of carboxylic acid groups (broad SMARTS) is 1. The van der Waals surface area contributed by atoms with Crippen molar-refractivity contribution in [3.8, 4) is 5.88 Å². The molecule has 0 fully saturated rings. The lowest BCUT2D eigenvalue weighted by molar-refractivity contribution is 0.0689. The molecule has 0 spiro atoms. The Kier molecular flexibility index (Phi) is 4.10. The average Bonchev–Trinajstić information content (AvgIpc) is 2.20. The fourth-order valence-electron chi connectivity index (χ4n) is 1.08. The molecule has 1 aromatic heterocycles. The minimum absolute atomic E-state index is 0.0613. The first kappa shape index (κ1) is 12.3. The second kappa shape index (κ2) is 5.34. The molecule has 0 aliphatic rings. The summed E-state index contributed by atoms with van der Waals surface area (Å²) in [4.78, 5) is 14.5. The minimum Gasteiger partial charge on any atom is -0.477 e. The lowest BCUT2D eigenvalue weighted by atomic mass is 10.1. The van der Waals surface area contributed by atoms with Crippen LogP contribution in [0.15, 0.2) is 12.1 Å². The van der Waals surface area contributed by atoms with Crippen LogP contribution in [0.3, 0.4) is 0 Å². The first-order valence-electron chi connectivity index (χ1n) is 5.13. The molecule has 88 valence electrons. The van der Waals surface area contributed by atoms with Crippen LogP contribution in [-0.2, 0) is 0 Å². The topological polar surface area (TPSA) is 85.4 Å². The Bertz CT molecular complexity index is 377. The van der Waals surface area contributed by atoms with Gasteiger partial charge in [-0.2, -0.15) is 0 Å². The lowest BCUT2D eigenvalue weighted by Gasteiger charge is -2.09. The summed E-state index contributed by atoms with van der Waals surface area (Å²) in [6.45, 7) is 4.64. The number of hydrogen-bond donors (Lipinski definition) is 2. The van der Waals surface area contributed by atoms with Gasteiger partial charge in [0.25, 0.3) is 0 Å². The molecule has 3 N–H and O–H groups in total. The van der Waals surface area contributed by atoms with Crippen molar-refractivity contribution < 1.29 is 14.6 Å². The number of ether oxygens (including phenoxy) is 1. The van der Waals surface area contributed by atoms with Crippen LogP contribution in [0, 0.1) is 5.92 Å². The number of hydrogen-bond acceptors (Lipinski definition) is 4. The third-order valence-corrected chi connectivity index (χ3v) is 2.04. The molecule has 5 nitrogen and oxygen atoms in total. The second-order valence-electron chi connectivity index (χ2n) is 3.93. The van der Waals surface area contributed by atoms with E-state index in [1.807, 2.05) is 0 Å². The fraction of sp³-hybridized carbons (Fsp3) is 0.455. The third kappa shape index (κ3) is 3.42. The van der Waals surface area contributed by atoms with Gasteiger partial charge in [-0.15, -0.1) is 0 Å². The normalized spacial score (nSPS) is 10.4. The van der Waals surface area contributed by atoms with E-state index in [2.05, 4.69) is 18.8 Å². The molecule has 1 rings (SSSR count). The van der Waals surface area contributed by atoms with Crippen LogP contribution >= 0.6 is 0 Å². The van der Waals surface area contributed by atoms with Gasteiger partial charge in [-0.3, -0.25) is 0 Å². The van der Waals surface area contributed by atoms with Crippen molar-refractivity contribution in [3.63, 3.8) is 0 Å². The van der Waals surface area contributed by atoms with Crippen LogP contribution in [0.1, 0.15) is 30.8 Å². The molecule has 5 heteroatoms. The van der Waals surface area contributed by atoms with Crippen molar-refractivity contribution in [2.24, 2.45) is 5.92 Å². The first-order valence-corrected chi connectivity index (χ1v) is 5.13. The predicted molar refractivity (Wildman–Crippen MR) is 60.6 cm³/mol. The number of aromatic nitrogens is 1. The molecule has 1 heterocycles. The number of aromatic carboxylic acids is 1. The Labute approximate surface area is 94.2 Å². The van der Waals surface area contributed by atoms with Crippen molar-refractivity contribution >= 4 is 11.7 Å². The molecule has 0 radical (unpaired) electrons. The van der Waals surface area contributed by atoms with Crippen molar-refractivity contribution in [1.82, 2.24) is 4.98 Å². The van der Waals surface area contributed by atoms with E-state index in [1.54, 1.807) is 0 Å². The number of rotatable bonds is 5. The highest BCUT2D eigenvalue weighted by atomic mass is 16.5. The Hall–Kier alpha value is -1.78. The number of anilines is 1. The maximum Gasteiger partial charge on any atom is 0.354 e. The van der Waals surface area contributed by atoms with E-state index >= 15 is 0 Å². The standard InChI is InChI=1S/C11H16N2O3/c1-7(2)5-6-16-10-8(12)3-4-9(13-10)11(14)15/h3-4,7H,5-6,12H2,1-2H3,(H,14,15). The Morgan fingerprint density at radius 3 is 2.81 bits per heavy atom. The highest BCUT2D eigenvalue weighted by molar-refractivity contribution is 5.86. The van der Waals surface area contributed by atoms with Gasteiger partial charge >= 0.3 is 5.97 Å². The highest BCUT2D eigenvalue weighted by Gasteiger charge is 2.09. The van der Waals surface area contributed by atoms with Crippen LogP contribution in [0.4, 0.5) is 5.69 Å². The first-order chi connectivity index (χ1) is 7.50. The third-order valence-electron chi connectivity index (χ3n) is 2.04. The van der Waals surface area contributed by atoms with Crippen molar-refractivity contribution in [2.45, 2.75) is 20.3 Å². The van der Waals surface area contributed by atoms with Gasteiger partial charge in [-0.05, 0) is 24.5 Å².